The Bertz CT molecular complexity index is 9870. The van der Waals surface area contributed by atoms with Crippen LogP contribution >= 0.6 is 0 Å². The zero-order valence-corrected chi connectivity index (χ0v) is 74.7. The van der Waals surface area contributed by atoms with Crippen LogP contribution in [0.5, 0.6) is 0 Å². The fraction of sp³-hybridized carbons (Fsp3) is 0.0400. The number of aryl methyl sites for hydroxylation is 5. The van der Waals surface area contributed by atoms with E-state index in [0.29, 0.717) is 0 Å². The number of rotatable bonds is 5. The predicted molar refractivity (Wildman–Crippen MR) is 564 cm³/mol. The highest BCUT2D eigenvalue weighted by Crippen LogP contribution is 2.47. The van der Waals surface area contributed by atoms with Crippen molar-refractivity contribution in [2.24, 2.45) is 0 Å². The molecule has 10 heteroatoms. The molecule has 0 saturated heterocycles. The second kappa shape index (κ2) is 31.3. The van der Waals surface area contributed by atoms with Gasteiger partial charge in [-0.1, -0.05) is 277 Å². The lowest BCUT2D eigenvalue weighted by Crippen LogP contribution is -1.94. The van der Waals surface area contributed by atoms with Gasteiger partial charge >= 0.3 is 0 Å². The molecule has 0 fully saturated rings. The highest BCUT2D eigenvalue weighted by molar-refractivity contribution is 6.27. The highest BCUT2D eigenvalue weighted by atomic mass is 16.3. The Hall–Kier alpha value is -17.6. The van der Waals surface area contributed by atoms with Crippen LogP contribution in [0.25, 0.3) is 247 Å². The largest absolute Gasteiger partial charge is 0.456 e. The molecule has 0 saturated carbocycles. The van der Waals surface area contributed by atoms with Crippen molar-refractivity contribution in [1.82, 2.24) is 22.8 Å². The minimum absolute atomic E-state index is 0.930. The second-order valence-corrected chi connectivity index (χ2v) is 35.7. The van der Waals surface area contributed by atoms with Gasteiger partial charge in [0, 0.05) is 131 Å². The standard InChI is InChI=1S/5C25H17NO/c1-16-10-12-17(13-11-16)26-21-8-4-2-7-20(21)24-22(26)15-14-19-18-6-3-5-9-23(18)27-25(19)24;1-16-10-12-17(13-11-16)26-22-8-4-2-6-18(22)20-15-25-21(14-23(20)26)19-7-3-5-9-24(19)27-25;1-16-10-12-17(13-11-16)26-22-8-4-2-6-18(22)20-14-21-19-7-3-5-9-24(19)27-25(21)15-23(20)26;1-16-10-12-17(13-11-16)26-21-8-4-2-6-18(21)19-14-15-23-24(25(19)26)20-7-3-5-9-22(20)27-23;1-16-10-12-17(13-11-16)26-22-8-4-2-6-18(22)20-14-15-21-19-7-3-5-9-23(19)27-25(21)24(20)26/h5*2-15H,1H3. The van der Waals surface area contributed by atoms with Gasteiger partial charge in [0.1, 0.15) is 50.2 Å². The van der Waals surface area contributed by atoms with Gasteiger partial charge in [0.15, 0.2) is 5.58 Å². The third-order valence-corrected chi connectivity index (χ3v) is 27.3. The Labute approximate surface area is 773 Å². The lowest BCUT2D eigenvalue weighted by Gasteiger charge is -2.09. The van der Waals surface area contributed by atoms with Crippen LogP contribution in [0.3, 0.4) is 0 Å². The highest BCUT2D eigenvalue weighted by Gasteiger charge is 2.25. The number of fused-ring (bicyclic) bond motifs is 33. The molecule has 10 heterocycles. The lowest BCUT2D eigenvalue weighted by molar-refractivity contribution is 0.669. The van der Waals surface area contributed by atoms with Crippen LogP contribution < -0.4 is 0 Å². The van der Waals surface area contributed by atoms with E-state index in [1.54, 1.807) is 0 Å². The molecule has 0 unspecified atom stereocenters. The molecule has 135 heavy (non-hydrogen) atoms. The number of nitrogens with zero attached hydrogens (tertiary/aromatic N) is 5. The maximum Gasteiger partial charge on any atom is 0.160 e. The summed E-state index contributed by atoms with van der Waals surface area (Å²) in [5, 5.41) is 24.0. The molecule has 30 aromatic rings. The van der Waals surface area contributed by atoms with Crippen molar-refractivity contribution in [1.29, 1.82) is 0 Å². The van der Waals surface area contributed by atoms with E-state index in [1.807, 2.05) is 60.7 Å². The lowest BCUT2D eigenvalue weighted by atomic mass is 10.1. The van der Waals surface area contributed by atoms with Gasteiger partial charge in [-0.15, -0.1) is 0 Å². The van der Waals surface area contributed by atoms with Gasteiger partial charge < -0.3 is 44.9 Å². The van der Waals surface area contributed by atoms with Gasteiger partial charge in [0.2, 0.25) is 0 Å². The van der Waals surface area contributed by atoms with Crippen molar-refractivity contribution in [2.75, 3.05) is 0 Å². The van der Waals surface area contributed by atoms with Crippen LogP contribution in [0.4, 0.5) is 0 Å². The van der Waals surface area contributed by atoms with Crippen molar-refractivity contribution >= 4 is 219 Å². The smallest absolute Gasteiger partial charge is 0.160 e. The Morgan fingerprint density at radius 2 is 0.430 bits per heavy atom. The topological polar surface area (TPSA) is 90.4 Å². The summed E-state index contributed by atoms with van der Waals surface area (Å²) in [4.78, 5) is 0. The van der Waals surface area contributed by atoms with Crippen LogP contribution in [0.2, 0.25) is 0 Å². The Balaban J connectivity index is 0.0000000878. The van der Waals surface area contributed by atoms with Gasteiger partial charge in [0.05, 0.1) is 65.9 Å². The third kappa shape index (κ3) is 12.8. The summed E-state index contributed by atoms with van der Waals surface area (Å²) in [5.74, 6) is 0. The first kappa shape index (κ1) is 78.4. The van der Waals surface area contributed by atoms with E-state index in [2.05, 4.69) is 421 Å². The number of benzene rings is 20. The average Bonchev–Trinajstić information content (AvgIpc) is 1.56. The van der Waals surface area contributed by atoms with E-state index in [0.717, 1.165) is 94.0 Å². The molecule has 10 nitrogen and oxygen atoms in total. The fourth-order valence-electron chi connectivity index (χ4n) is 20.9. The molecule has 0 spiro atoms. The molecule has 0 atom stereocenters. The first-order chi connectivity index (χ1) is 66.5. The monoisotopic (exact) mass is 1740 g/mol. The second-order valence-electron chi connectivity index (χ2n) is 35.7. The average molecular weight is 1740 g/mol. The fourth-order valence-corrected chi connectivity index (χ4v) is 20.9. The molecule has 0 aliphatic carbocycles. The molecule has 640 valence electrons. The first-order valence-corrected chi connectivity index (χ1v) is 46.1. The first-order valence-electron chi connectivity index (χ1n) is 46.1. The summed E-state index contributed by atoms with van der Waals surface area (Å²) in [6.07, 6.45) is 0. The summed E-state index contributed by atoms with van der Waals surface area (Å²) >= 11 is 0. The molecular formula is C125H85N5O5. The number of aromatic nitrogens is 5. The SMILES string of the molecule is Cc1ccc(-n2c3ccccc3c3c4oc5ccccc5c4ccc32)cc1.Cc1ccc(-n2c3ccccc3c3cc4c(cc32)oc2ccccc24)cc1.Cc1ccc(-n2c3ccccc3c3cc4oc5ccccc5c4cc32)cc1.Cc1ccc(-n2c3ccccc3c3ccc4c5ccccc5oc4c32)cc1.Cc1ccc(-n2c3ccccc3c3ccc4oc5ccccc5c4c32)cc1. The van der Waals surface area contributed by atoms with Crippen molar-refractivity contribution in [3.05, 3.63) is 452 Å². The van der Waals surface area contributed by atoms with E-state index in [4.69, 9.17) is 22.1 Å². The molecule has 20 aromatic carbocycles. The normalized spacial score (nSPS) is 11.9. The molecule has 0 radical (unpaired) electrons. The Kier molecular flexibility index (Phi) is 18.2. The van der Waals surface area contributed by atoms with Crippen LogP contribution in [0.1, 0.15) is 27.8 Å². The molecule has 0 N–H and O–H groups in total. The van der Waals surface area contributed by atoms with Gasteiger partial charge in [-0.2, -0.15) is 0 Å². The van der Waals surface area contributed by atoms with E-state index in [9.17, 15) is 0 Å². The van der Waals surface area contributed by atoms with E-state index in [1.165, 1.54) is 181 Å². The molecule has 0 bridgehead atoms. The Morgan fingerprint density at radius 3 is 0.904 bits per heavy atom. The number of para-hydroxylation sites is 10. The number of furan rings is 5. The number of hydrogen-bond donors (Lipinski definition) is 0. The van der Waals surface area contributed by atoms with Gasteiger partial charge in [-0.3, -0.25) is 0 Å². The van der Waals surface area contributed by atoms with Crippen LogP contribution in [-0.2, 0) is 0 Å². The summed E-state index contributed by atoms with van der Waals surface area (Å²) < 4.78 is 42.8. The van der Waals surface area contributed by atoms with Gasteiger partial charge in [0.25, 0.3) is 0 Å². The summed E-state index contributed by atoms with van der Waals surface area (Å²) in [6.45, 7) is 10.6. The van der Waals surface area contributed by atoms with E-state index < -0.39 is 0 Å². The summed E-state index contributed by atoms with van der Waals surface area (Å²) in [7, 11) is 0. The van der Waals surface area contributed by atoms with Crippen LogP contribution in [0, 0.1) is 34.6 Å². The molecule has 0 amide bonds. The third-order valence-electron chi connectivity index (χ3n) is 27.3. The van der Waals surface area contributed by atoms with E-state index >= 15 is 0 Å². The quantitative estimate of drug-likeness (QED) is 0.171. The molecule has 30 rings (SSSR count). The number of hydrogen-bond acceptors (Lipinski definition) is 5. The van der Waals surface area contributed by atoms with E-state index in [-0.39, 0.29) is 0 Å². The zero-order chi connectivity index (χ0) is 89.8. The molecule has 10 aromatic heterocycles. The van der Waals surface area contributed by atoms with Crippen LogP contribution in [-0.4, -0.2) is 22.8 Å². The van der Waals surface area contributed by atoms with Crippen molar-refractivity contribution in [3.8, 4) is 28.4 Å². The van der Waals surface area contributed by atoms with Crippen molar-refractivity contribution in [3.63, 3.8) is 0 Å². The minimum Gasteiger partial charge on any atom is -0.456 e. The zero-order valence-electron chi connectivity index (χ0n) is 74.7. The van der Waals surface area contributed by atoms with Crippen molar-refractivity contribution < 1.29 is 22.1 Å². The Morgan fingerprint density at radius 1 is 0.141 bits per heavy atom. The maximum atomic E-state index is 6.36. The summed E-state index contributed by atoms with van der Waals surface area (Å²) in [6, 6.07) is 150. The molecule has 0 aliphatic heterocycles. The van der Waals surface area contributed by atoms with Crippen molar-refractivity contribution in [2.45, 2.75) is 34.6 Å². The molecule has 0 aliphatic rings. The predicted octanol–water partition coefficient (Wildman–Crippen LogP) is 35.0. The van der Waals surface area contributed by atoms with Gasteiger partial charge in [-0.05, 0) is 204 Å². The minimum atomic E-state index is 0.930. The van der Waals surface area contributed by atoms with Crippen LogP contribution in [0.15, 0.2) is 447 Å². The molecular weight excluding hydrogens is 1650 g/mol. The maximum absolute atomic E-state index is 6.36. The van der Waals surface area contributed by atoms with Gasteiger partial charge in [-0.25, -0.2) is 0 Å². The summed E-state index contributed by atoms with van der Waals surface area (Å²) in [5.41, 5.74) is 33.5.